The van der Waals surface area contributed by atoms with Gasteiger partial charge in [0.05, 0.1) is 12.1 Å². The summed E-state index contributed by atoms with van der Waals surface area (Å²) >= 11 is 0. The second-order valence-electron chi connectivity index (χ2n) is 7.51. The summed E-state index contributed by atoms with van der Waals surface area (Å²) in [6, 6.07) is -0.142. The van der Waals surface area contributed by atoms with Crippen molar-refractivity contribution in [2.45, 2.75) is 65.0 Å². The quantitative estimate of drug-likeness (QED) is 0.393. The van der Waals surface area contributed by atoms with Crippen LogP contribution in [0.1, 0.15) is 41.5 Å². The predicted molar refractivity (Wildman–Crippen MR) is 107 cm³/mol. The molecule has 0 aromatic carbocycles. The largest absolute Gasteiger partial charge is 0.444 e. The summed E-state index contributed by atoms with van der Waals surface area (Å²) in [5.41, 5.74) is -1.26. The average Bonchev–Trinajstić information content (AvgIpc) is 2.56. The van der Waals surface area contributed by atoms with Crippen molar-refractivity contribution in [3.05, 3.63) is 0 Å². The summed E-state index contributed by atoms with van der Waals surface area (Å²) in [7, 11) is 5.56. The first-order chi connectivity index (χ1) is 10.4. The first-order valence-electron chi connectivity index (χ1n) is 7.97. The molecule has 1 saturated heterocycles. The summed E-state index contributed by atoms with van der Waals surface area (Å²) in [6.45, 7) is 11.9. The van der Waals surface area contributed by atoms with Crippen molar-refractivity contribution in [3.63, 3.8) is 0 Å². The number of hydrogen-bond acceptors (Lipinski definition) is 4. The molecule has 0 bridgehead atoms. The second kappa shape index (κ2) is 8.55. The van der Waals surface area contributed by atoms with Crippen LogP contribution in [0.15, 0.2) is 4.99 Å². The van der Waals surface area contributed by atoms with E-state index in [1.165, 1.54) is 0 Å². The van der Waals surface area contributed by atoms with Crippen molar-refractivity contribution in [1.82, 2.24) is 15.1 Å². The molecule has 0 aromatic rings. The molecular formula is C16H33IN4O3. The molecule has 1 fully saturated rings. The van der Waals surface area contributed by atoms with E-state index in [0.717, 1.165) is 5.96 Å². The van der Waals surface area contributed by atoms with Crippen LogP contribution in [0, 0.1) is 0 Å². The standard InChI is InChI=1S/C16H32N4O3.HI/c1-11-12(10-18-13(17-7)19(8)9)20(16(5,6)22-11)14(21)23-15(2,3)4;/h11-12H,10H2,1-9H3,(H,17,18);1H. The Labute approximate surface area is 163 Å². The minimum absolute atomic E-state index is 0. The summed E-state index contributed by atoms with van der Waals surface area (Å²) in [5, 5.41) is 3.27. The van der Waals surface area contributed by atoms with Crippen LogP contribution in [0.5, 0.6) is 0 Å². The lowest BCUT2D eigenvalue weighted by molar-refractivity contribution is -0.0755. The summed E-state index contributed by atoms with van der Waals surface area (Å²) in [4.78, 5) is 20.4. The lowest BCUT2D eigenvalue weighted by Gasteiger charge is -2.35. The second-order valence-corrected chi connectivity index (χ2v) is 7.51. The van der Waals surface area contributed by atoms with Crippen LogP contribution in [-0.2, 0) is 9.47 Å². The van der Waals surface area contributed by atoms with Crippen molar-refractivity contribution in [2.75, 3.05) is 27.7 Å². The third-order valence-corrected chi connectivity index (χ3v) is 3.62. The molecule has 7 nitrogen and oxygen atoms in total. The van der Waals surface area contributed by atoms with Gasteiger partial charge in [0.15, 0.2) is 5.96 Å². The van der Waals surface area contributed by atoms with E-state index in [-0.39, 0.29) is 42.2 Å². The molecule has 1 rings (SSSR count). The highest BCUT2D eigenvalue weighted by Crippen LogP contribution is 2.33. The predicted octanol–water partition coefficient (Wildman–Crippen LogP) is 2.50. The van der Waals surface area contributed by atoms with Crippen molar-refractivity contribution in [1.29, 1.82) is 0 Å². The van der Waals surface area contributed by atoms with E-state index in [0.29, 0.717) is 6.54 Å². The third kappa shape index (κ3) is 5.94. The molecule has 8 heteroatoms. The molecule has 0 saturated carbocycles. The van der Waals surface area contributed by atoms with E-state index >= 15 is 0 Å². The zero-order chi connectivity index (χ0) is 18.0. The van der Waals surface area contributed by atoms with Gasteiger partial charge in [-0.15, -0.1) is 24.0 Å². The average molecular weight is 456 g/mol. The van der Waals surface area contributed by atoms with Crippen LogP contribution >= 0.6 is 24.0 Å². The molecular weight excluding hydrogens is 423 g/mol. The fourth-order valence-electron chi connectivity index (χ4n) is 2.76. The number of aliphatic imine (C=N–C) groups is 1. The fourth-order valence-corrected chi connectivity index (χ4v) is 2.76. The van der Waals surface area contributed by atoms with Gasteiger partial charge in [0.25, 0.3) is 0 Å². The maximum atomic E-state index is 12.6. The van der Waals surface area contributed by atoms with E-state index in [2.05, 4.69) is 10.3 Å². The number of carbonyl (C=O) groups is 1. The van der Waals surface area contributed by atoms with Gasteiger partial charge in [-0.1, -0.05) is 0 Å². The summed E-state index contributed by atoms with van der Waals surface area (Å²) in [5.74, 6) is 0.756. The number of nitrogens with one attached hydrogen (secondary N) is 1. The molecule has 0 radical (unpaired) electrons. The van der Waals surface area contributed by atoms with Crippen LogP contribution < -0.4 is 5.32 Å². The monoisotopic (exact) mass is 456 g/mol. The highest BCUT2D eigenvalue weighted by atomic mass is 127. The number of rotatable bonds is 2. The Balaban J connectivity index is 0.00000529. The molecule has 0 aliphatic carbocycles. The minimum Gasteiger partial charge on any atom is -0.444 e. The Bertz CT molecular complexity index is 461. The number of halogens is 1. The number of amides is 1. The number of hydrogen-bond donors (Lipinski definition) is 1. The highest BCUT2D eigenvalue weighted by Gasteiger charge is 2.49. The topological polar surface area (TPSA) is 66.4 Å². The number of guanidine groups is 1. The number of ether oxygens (including phenoxy) is 2. The molecule has 142 valence electrons. The first-order valence-corrected chi connectivity index (χ1v) is 7.97. The van der Waals surface area contributed by atoms with Crippen LogP contribution in [0.25, 0.3) is 0 Å². The van der Waals surface area contributed by atoms with E-state index in [9.17, 15) is 4.79 Å². The molecule has 1 aliphatic heterocycles. The Morgan fingerprint density at radius 1 is 1.38 bits per heavy atom. The van der Waals surface area contributed by atoms with E-state index in [1.807, 2.05) is 60.5 Å². The molecule has 2 atom stereocenters. The number of nitrogens with zero attached hydrogens (tertiary/aromatic N) is 3. The molecule has 24 heavy (non-hydrogen) atoms. The minimum atomic E-state index is -0.713. The zero-order valence-electron chi connectivity index (χ0n) is 16.3. The third-order valence-electron chi connectivity index (χ3n) is 3.62. The summed E-state index contributed by atoms with van der Waals surface area (Å²) in [6.07, 6.45) is -0.469. The van der Waals surface area contributed by atoms with Crippen LogP contribution in [-0.4, -0.2) is 73.0 Å². The highest BCUT2D eigenvalue weighted by molar-refractivity contribution is 14.0. The van der Waals surface area contributed by atoms with Crippen LogP contribution in [0.2, 0.25) is 0 Å². The summed E-state index contributed by atoms with van der Waals surface area (Å²) < 4.78 is 11.5. The lowest BCUT2D eigenvalue weighted by atomic mass is 10.1. The smallest absolute Gasteiger partial charge is 0.412 e. The van der Waals surface area contributed by atoms with Crippen molar-refractivity contribution in [2.24, 2.45) is 4.99 Å². The zero-order valence-corrected chi connectivity index (χ0v) is 18.7. The Morgan fingerprint density at radius 2 is 1.92 bits per heavy atom. The molecule has 1 N–H and O–H groups in total. The first kappa shape index (κ1) is 23.2. The Morgan fingerprint density at radius 3 is 2.33 bits per heavy atom. The SMILES string of the molecule is CN=C(NCC1C(C)OC(C)(C)N1C(=O)OC(C)(C)C)N(C)C.I. The maximum Gasteiger partial charge on any atom is 0.412 e. The van der Waals surface area contributed by atoms with Gasteiger partial charge in [-0.05, 0) is 41.5 Å². The van der Waals surface area contributed by atoms with Crippen molar-refractivity contribution in [3.8, 4) is 0 Å². The van der Waals surface area contributed by atoms with E-state index in [4.69, 9.17) is 9.47 Å². The van der Waals surface area contributed by atoms with Gasteiger partial charge in [-0.3, -0.25) is 9.89 Å². The molecule has 1 amide bonds. The van der Waals surface area contributed by atoms with Crippen LogP contribution in [0.4, 0.5) is 4.79 Å². The van der Waals surface area contributed by atoms with Gasteiger partial charge in [0.2, 0.25) is 0 Å². The maximum absolute atomic E-state index is 12.6. The molecule has 0 spiro atoms. The normalized spacial score (nSPS) is 23.5. The van der Waals surface area contributed by atoms with E-state index in [1.54, 1.807) is 11.9 Å². The van der Waals surface area contributed by atoms with Gasteiger partial charge in [-0.2, -0.15) is 0 Å². The number of carbonyl (C=O) groups excluding carboxylic acids is 1. The molecule has 2 unspecified atom stereocenters. The van der Waals surface area contributed by atoms with Crippen molar-refractivity contribution >= 4 is 36.0 Å². The van der Waals surface area contributed by atoms with Gasteiger partial charge in [0.1, 0.15) is 11.3 Å². The van der Waals surface area contributed by atoms with Gasteiger partial charge >= 0.3 is 6.09 Å². The molecule has 1 heterocycles. The van der Waals surface area contributed by atoms with E-state index < -0.39 is 11.3 Å². The fraction of sp³-hybridized carbons (Fsp3) is 0.875. The van der Waals surface area contributed by atoms with Gasteiger partial charge in [0, 0.05) is 27.7 Å². The molecule has 0 aromatic heterocycles. The van der Waals surface area contributed by atoms with Gasteiger partial charge < -0.3 is 19.7 Å². The molecule has 1 aliphatic rings. The van der Waals surface area contributed by atoms with Crippen molar-refractivity contribution < 1.29 is 14.3 Å². The Kier molecular flexibility index (Phi) is 8.28. The Hall–Kier alpha value is -0.770. The van der Waals surface area contributed by atoms with Gasteiger partial charge in [-0.25, -0.2) is 4.79 Å². The lowest BCUT2D eigenvalue weighted by Crippen LogP contribution is -2.54. The van der Waals surface area contributed by atoms with Crippen LogP contribution in [0.3, 0.4) is 0 Å².